The van der Waals surface area contributed by atoms with Crippen LogP contribution >= 0.6 is 11.6 Å². The third kappa shape index (κ3) is 3.51. The minimum Gasteiger partial charge on any atom is -0.466 e. The molecular weight excluding hydrogens is 318 g/mol. The monoisotopic (exact) mass is 333 g/mol. The Hall–Kier alpha value is -2.40. The average molecular weight is 334 g/mol. The van der Waals surface area contributed by atoms with Crippen molar-refractivity contribution in [1.29, 1.82) is 0 Å². The number of nitrogens with one attached hydrogen (secondary N) is 1. The molecule has 6 heteroatoms. The number of furan rings is 1. The van der Waals surface area contributed by atoms with E-state index in [1.807, 2.05) is 19.9 Å². The Kier molecular flexibility index (Phi) is 4.30. The van der Waals surface area contributed by atoms with E-state index < -0.39 is 0 Å². The van der Waals surface area contributed by atoms with Gasteiger partial charge in [0, 0.05) is 18.2 Å². The standard InChI is InChI=1S/C17H16ClNO4/c1-10-5-13(11(2)23-10)8-19-16(20)4-3-12-6-14(18)17-15(7-12)21-9-22-17/h3-7H,8-9H2,1-2H3,(H,19,20)/b4-3+. The molecule has 1 aromatic carbocycles. The van der Waals surface area contributed by atoms with Crippen molar-refractivity contribution in [1.82, 2.24) is 5.32 Å². The maximum absolute atomic E-state index is 11.9. The second-order valence-electron chi connectivity index (χ2n) is 5.23. The average Bonchev–Trinajstić information content (AvgIpc) is 3.09. The van der Waals surface area contributed by atoms with Crippen LogP contribution < -0.4 is 14.8 Å². The quantitative estimate of drug-likeness (QED) is 0.868. The molecule has 1 N–H and O–H groups in total. The summed E-state index contributed by atoms with van der Waals surface area (Å²) >= 11 is 6.10. The van der Waals surface area contributed by atoms with Crippen LogP contribution in [0.5, 0.6) is 11.5 Å². The van der Waals surface area contributed by atoms with Gasteiger partial charge >= 0.3 is 0 Å². The first-order valence-electron chi connectivity index (χ1n) is 7.14. The molecule has 1 aliphatic heterocycles. The van der Waals surface area contributed by atoms with Gasteiger partial charge in [-0.05, 0) is 43.7 Å². The van der Waals surface area contributed by atoms with Gasteiger partial charge in [0.25, 0.3) is 0 Å². The fourth-order valence-electron chi connectivity index (χ4n) is 2.36. The van der Waals surface area contributed by atoms with Crippen LogP contribution in [-0.2, 0) is 11.3 Å². The molecule has 5 nitrogen and oxygen atoms in total. The molecule has 0 atom stereocenters. The van der Waals surface area contributed by atoms with Crippen molar-refractivity contribution in [2.24, 2.45) is 0 Å². The molecule has 0 unspecified atom stereocenters. The van der Waals surface area contributed by atoms with Crippen LogP contribution in [0, 0.1) is 13.8 Å². The second kappa shape index (κ2) is 6.38. The Balaban J connectivity index is 1.62. The second-order valence-corrected chi connectivity index (χ2v) is 5.63. The number of benzene rings is 1. The molecule has 0 aliphatic carbocycles. The van der Waals surface area contributed by atoms with E-state index in [1.165, 1.54) is 6.08 Å². The van der Waals surface area contributed by atoms with Crippen molar-refractivity contribution in [3.05, 3.63) is 51.9 Å². The number of hydrogen-bond donors (Lipinski definition) is 1. The lowest BCUT2D eigenvalue weighted by molar-refractivity contribution is -0.116. The number of hydrogen-bond acceptors (Lipinski definition) is 4. The number of halogens is 1. The van der Waals surface area contributed by atoms with E-state index in [0.29, 0.717) is 23.1 Å². The van der Waals surface area contributed by atoms with Gasteiger partial charge < -0.3 is 19.2 Å². The summed E-state index contributed by atoms with van der Waals surface area (Å²) in [4.78, 5) is 11.9. The van der Waals surface area contributed by atoms with Crippen LogP contribution in [0.25, 0.3) is 6.08 Å². The summed E-state index contributed by atoms with van der Waals surface area (Å²) in [7, 11) is 0. The minimum absolute atomic E-state index is 0.159. The molecular formula is C17H16ClNO4. The van der Waals surface area contributed by atoms with Gasteiger partial charge in [-0.15, -0.1) is 0 Å². The third-order valence-electron chi connectivity index (χ3n) is 3.47. The maximum Gasteiger partial charge on any atom is 0.244 e. The number of fused-ring (bicyclic) bond motifs is 1. The van der Waals surface area contributed by atoms with Crippen molar-refractivity contribution in [2.45, 2.75) is 20.4 Å². The fourth-order valence-corrected chi connectivity index (χ4v) is 2.63. The van der Waals surface area contributed by atoms with Crippen LogP contribution in [0.3, 0.4) is 0 Å². The van der Waals surface area contributed by atoms with E-state index >= 15 is 0 Å². The molecule has 2 heterocycles. The van der Waals surface area contributed by atoms with Crippen molar-refractivity contribution in [2.75, 3.05) is 6.79 Å². The van der Waals surface area contributed by atoms with Gasteiger partial charge in [-0.1, -0.05) is 11.6 Å². The summed E-state index contributed by atoms with van der Waals surface area (Å²) in [5.41, 5.74) is 1.74. The van der Waals surface area contributed by atoms with E-state index in [-0.39, 0.29) is 12.7 Å². The van der Waals surface area contributed by atoms with E-state index in [1.54, 1.807) is 18.2 Å². The van der Waals surface area contributed by atoms with Crippen LogP contribution in [0.15, 0.2) is 28.7 Å². The van der Waals surface area contributed by atoms with Crippen molar-refractivity contribution >= 4 is 23.6 Å². The topological polar surface area (TPSA) is 60.7 Å². The Morgan fingerprint density at radius 2 is 2.13 bits per heavy atom. The molecule has 0 radical (unpaired) electrons. The number of aryl methyl sites for hydroxylation is 2. The Labute approximate surface area is 138 Å². The molecule has 0 bridgehead atoms. The predicted molar refractivity (Wildman–Crippen MR) is 86.6 cm³/mol. The zero-order valence-corrected chi connectivity index (χ0v) is 13.6. The number of carbonyl (C=O) groups excluding carboxylic acids is 1. The van der Waals surface area contributed by atoms with Gasteiger partial charge in [0.15, 0.2) is 11.5 Å². The van der Waals surface area contributed by atoms with E-state index in [2.05, 4.69) is 5.32 Å². The summed E-state index contributed by atoms with van der Waals surface area (Å²) in [6.07, 6.45) is 3.13. The first-order chi connectivity index (χ1) is 11.0. The molecule has 0 saturated carbocycles. The first kappa shape index (κ1) is 15.5. The third-order valence-corrected chi connectivity index (χ3v) is 3.75. The molecule has 1 amide bonds. The Bertz CT molecular complexity index is 779. The Morgan fingerprint density at radius 3 is 2.87 bits per heavy atom. The van der Waals surface area contributed by atoms with Crippen molar-refractivity contribution in [3.63, 3.8) is 0 Å². The first-order valence-corrected chi connectivity index (χ1v) is 7.51. The van der Waals surface area contributed by atoms with E-state index in [0.717, 1.165) is 22.6 Å². The van der Waals surface area contributed by atoms with Gasteiger partial charge in [-0.2, -0.15) is 0 Å². The summed E-state index contributed by atoms with van der Waals surface area (Å²) in [5.74, 6) is 2.57. The highest BCUT2D eigenvalue weighted by Gasteiger charge is 2.17. The molecule has 0 fully saturated rings. The normalized spacial score (nSPS) is 12.8. The Morgan fingerprint density at radius 1 is 1.30 bits per heavy atom. The molecule has 120 valence electrons. The van der Waals surface area contributed by atoms with Crippen LogP contribution in [0.1, 0.15) is 22.6 Å². The van der Waals surface area contributed by atoms with Crippen LogP contribution in [-0.4, -0.2) is 12.7 Å². The molecule has 2 aromatic rings. The lowest BCUT2D eigenvalue weighted by Gasteiger charge is -2.02. The fraction of sp³-hybridized carbons (Fsp3) is 0.235. The van der Waals surface area contributed by atoms with E-state index in [9.17, 15) is 4.79 Å². The summed E-state index contributed by atoms with van der Waals surface area (Å²) in [6, 6.07) is 5.42. The largest absolute Gasteiger partial charge is 0.466 e. The highest BCUT2D eigenvalue weighted by molar-refractivity contribution is 6.32. The van der Waals surface area contributed by atoms with Crippen molar-refractivity contribution in [3.8, 4) is 11.5 Å². The predicted octanol–water partition coefficient (Wildman–Crippen LogP) is 3.61. The number of carbonyl (C=O) groups is 1. The molecule has 1 aromatic heterocycles. The molecule has 1 aliphatic rings. The smallest absolute Gasteiger partial charge is 0.244 e. The van der Waals surface area contributed by atoms with Gasteiger partial charge in [0.1, 0.15) is 11.5 Å². The SMILES string of the molecule is Cc1cc(CNC(=O)/C=C/c2cc(Cl)c3c(c2)OCO3)c(C)o1. The molecule has 0 spiro atoms. The van der Waals surface area contributed by atoms with Crippen molar-refractivity contribution < 1.29 is 18.7 Å². The van der Waals surface area contributed by atoms with Crippen LogP contribution in [0.4, 0.5) is 0 Å². The highest BCUT2D eigenvalue weighted by Crippen LogP contribution is 2.40. The van der Waals surface area contributed by atoms with E-state index in [4.69, 9.17) is 25.5 Å². The van der Waals surface area contributed by atoms with Gasteiger partial charge in [-0.3, -0.25) is 4.79 Å². The summed E-state index contributed by atoms with van der Waals surface area (Å²) in [5, 5.41) is 3.28. The van der Waals surface area contributed by atoms with Gasteiger partial charge in [0.2, 0.25) is 12.7 Å². The molecule has 0 saturated heterocycles. The maximum atomic E-state index is 11.9. The highest BCUT2D eigenvalue weighted by atomic mass is 35.5. The zero-order chi connectivity index (χ0) is 16.4. The zero-order valence-electron chi connectivity index (χ0n) is 12.8. The number of amides is 1. The summed E-state index contributed by atoms with van der Waals surface area (Å²) in [6.45, 7) is 4.33. The molecule has 3 rings (SSSR count). The lowest BCUT2D eigenvalue weighted by Crippen LogP contribution is -2.20. The van der Waals surface area contributed by atoms with Crippen LogP contribution in [0.2, 0.25) is 5.02 Å². The van der Waals surface area contributed by atoms with Gasteiger partial charge in [0.05, 0.1) is 5.02 Å². The number of ether oxygens (including phenoxy) is 2. The lowest BCUT2D eigenvalue weighted by atomic mass is 10.2. The minimum atomic E-state index is -0.197. The number of rotatable bonds is 4. The van der Waals surface area contributed by atoms with Gasteiger partial charge in [-0.25, -0.2) is 0 Å². The summed E-state index contributed by atoms with van der Waals surface area (Å²) < 4.78 is 16.0. The molecule has 23 heavy (non-hydrogen) atoms.